The lowest BCUT2D eigenvalue weighted by atomic mass is 9.84. The van der Waals surface area contributed by atoms with Crippen LogP contribution in [-0.4, -0.2) is 49.8 Å². The second-order valence-electron chi connectivity index (χ2n) is 6.49. The molecule has 18 heavy (non-hydrogen) atoms. The number of hydrogen-bond acceptors (Lipinski definition) is 3. The highest BCUT2D eigenvalue weighted by atomic mass is 16.5. The van der Waals surface area contributed by atoms with Crippen LogP contribution in [0.25, 0.3) is 0 Å². The fourth-order valence-electron chi connectivity index (χ4n) is 2.76. The molecule has 0 aromatic rings. The van der Waals surface area contributed by atoms with Crippen molar-refractivity contribution in [3.63, 3.8) is 0 Å². The Morgan fingerprint density at radius 2 is 2.17 bits per heavy atom. The normalized spacial score (nSPS) is 25.3. The van der Waals surface area contributed by atoms with Crippen molar-refractivity contribution in [2.75, 3.05) is 32.8 Å². The average molecular weight is 256 g/mol. The van der Waals surface area contributed by atoms with Gasteiger partial charge in [-0.3, -0.25) is 4.90 Å². The summed E-state index contributed by atoms with van der Waals surface area (Å²) in [5.41, 5.74) is 0.380. The van der Waals surface area contributed by atoms with Gasteiger partial charge in [-0.15, -0.1) is 0 Å². The zero-order valence-electron chi connectivity index (χ0n) is 13.0. The van der Waals surface area contributed by atoms with Gasteiger partial charge < -0.3 is 10.1 Å². The third kappa shape index (κ3) is 5.25. The molecular formula is C15H32N2O. The minimum Gasteiger partial charge on any atom is -0.379 e. The minimum atomic E-state index is 0.380. The first-order chi connectivity index (χ1) is 8.47. The van der Waals surface area contributed by atoms with Crippen LogP contribution < -0.4 is 5.32 Å². The van der Waals surface area contributed by atoms with Crippen LogP contribution in [0, 0.1) is 5.41 Å². The Hall–Kier alpha value is -0.120. The number of morpholine rings is 1. The summed E-state index contributed by atoms with van der Waals surface area (Å²) < 4.78 is 5.53. The summed E-state index contributed by atoms with van der Waals surface area (Å²) >= 11 is 0. The van der Waals surface area contributed by atoms with E-state index in [-0.39, 0.29) is 0 Å². The van der Waals surface area contributed by atoms with Crippen molar-refractivity contribution in [1.29, 1.82) is 0 Å². The third-order valence-electron chi connectivity index (χ3n) is 3.88. The van der Waals surface area contributed by atoms with Gasteiger partial charge in [-0.05, 0) is 18.8 Å². The molecule has 0 amide bonds. The first kappa shape index (κ1) is 15.9. The SMILES string of the molecule is CCCC(C)(CNC(C)C)CN1CCOCC1C. The van der Waals surface area contributed by atoms with E-state index in [1.54, 1.807) is 0 Å². The van der Waals surface area contributed by atoms with Crippen LogP contribution in [-0.2, 0) is 4.74 Å². The smallest absolute Gasteiger partial charge is 0.0619 e. The molecule has 0 bridgehead atoms. The molecule has 2 atom stereocenters. The molecule has 108 valence electrons. The van der Waals surface area contributed by atoms with Crippen LogP contribution in [0.3, 0.4) is 0 Å². The molecule has 0 aliphatic carbocycles. The van der Waals surface area contributed by atoms with E-state index in [1.807, 2.05) is 0 Å². The molecule has 1 saturated heterocycles. The highest BCUT2D eigenvalue weighted by Crippen LogP contribution is 2.25. The summed E-state index contributed by atoms with van der Waals surface area (Å²) in [5.74, 6) is 0. The molecule has 1 N–H and O–H groups in total. The van der Waals surface area contributed by atoms with Crippen molar-refractivity contribution < 1.29 is 4.74 Å². The molecule has 1 aliphatic heterocycles. The molecule has 1 aliphatic rings. The molecule has 0 saturated carbocycles. The van der Waals surface area contributed by atoms with Gasteiger partial charge >= 0.3 is 0 Å². The van der Waals surface area contributed by atoms with E-state index in [0.717, 1.165) is 26.3 Å². The monoisotopic (exact) mass is 256 g/mol. The molecule has 1 fully saturated rings. The molecule has 1 heterocycles. The van der Waals surface area contributed by atoms with Gasteiger partial charge in [0.25, 0.3) is 0 Å². The second-order valence-corrected chi connectivity index (χ2v) is 6.49. The van der Waals surface area contributed by atoms with Crippen molar-refractivity contribution in [3.8, 4) is 0 Å². The predicted octanol–water partition coefficient (Wildman–Crippen LogP) is 2.51. The van der Waals surface area contributed by atoms with Crippen LogP contribution in [0.4, 0.5) is 0 Å². The van der Waals surface area contributed by atoms with E-state index in [4.69, 9.17) is 4.74 Å². The van der Waals surface area contributed by atoms with E-state index in [2.05, 4.69) is 44.8 Å². The third-order valence-corrected chi connectivity index (χ3v) is 3.88. The Morgan fingerprint density at radius 1 is 1.44 bits per heavy atom. The van der Waals surface area contributed by atoms with Crippen LogP contribution in [0.2, 0.25) is 0 Å². The Kier molecular flexibility index (Phi) is 6.61. The maximum absolute atomic E-state index is 5.53. The van der Waals surface area contributed by atoms with Gasteiger partial charge in [0.2, 0.25) is 0 Å². The topological polar surface area (TPSA) is 24.5 Å². The molecular weight excluding hydrogens is 224 g/mol. The van der Waals surface area contributed by atoms with Crippen molar-refractivity contribution in [2.24, 2.45) is 5.41 Å². The van der Waals surface area contributed by atoms with Gasteiger partial charge in [0.15, 0.2) is 0 Å². The van der Waals surface area contributed by atoms with Crippen molar-refractivity contribution >= 4 is 0 Å². The Bertz CT molecular complexity index is 233. The fourth-order valence-corrected chi connectivity index (χ4v) is 2.76. The van der Waals surface area contributed by atoms with Gasteiger partial charge in [-0.1, -0.05) is 34.1 Å². The van der Waals surface area contributed by atoms with Crippen LogP contribution >= 0.6 is 0 Å². The van der Waals surface area contributed by atoms with E-state index in [0.29, 0.717) is 17.5 Å². The fraction of sp³-hybridized carbons (Fsp3) is 1.00. The molecule has 2 unspecified atom stereocenters. The molecule has 3 nitrogen and oxygen atoms in total. The standard InChI is InChI=1S/C15H32N2O/c1-6-7-15(5,11-16-13(2)3)12-17-8-9-18-10-14(17)4/h13-14,16H,6-12H2,1-5H3. The Labute approximate surface area is 113 Å². The summed E-state index contributed by atoms with van der Waals surface area (Å²) in [5, 5.41) is 3.62. The first-order valence-corrected chi connectivity index (χ1v) is 7.52. The number of ether oxygens (including phenoxy) is 1. The highest BCUT2D eigenvalue weighted by Gasteiger charge is 2.29. The number of nitrogens with one attached hydrogen (secondary N) is 1. The molecule has 0 aromatic carbocycles. The lowest BCUT2D eigenvalue weighted by molar-refractivity contribution is -0.0196. The van der Waals surface area contributed by atoms with Gasteiger partial charge in [0.05, 0.1) is 13.2 Å². The first-order valence-electron chi connectivity index (χ1n) is 7.52. The summed E-state index contributed by atoms with van der Waals surface area (Å²) in [6.07, 6.45) is 2.55. The van der Waals surface area contributed by atoms with Gasteiger partial charge in [0.1, 0.15) is 0 Å². The molecule has 0 aromatic heterocycles. The van der Waals surface area contributed by atoms with E-state index >= 15 is 0 Å². The van der Waals surface area contributed by atoms with E-state index < -0.39 is 0 Å². The Balaban J connectivity index is 2.53. The zero-order chi connectivity index (χ0) is 13.6. The van der Waals surface area contributed by atoms with E-state index in [9.17, 15) is 0 Å². The summed E-state index contributed by atoms with van der Waals surface area (Å²) in [4.78, 5) is 2.60. The molecule has 3 heteroatoms. The molecule has 1 rings (SSSR count). The van der Waals surface area contributed by atoms with Crippen molar-refractivity contribution in [1.82, 2.24) is 10.2 Å². The Morgan fingerprint density at radius 3 is 2.72 bits per heavy atom. The maximum Gasteiger partial charge on any atom is 0.0619 e. The lowest BCUT2D eigenvalue weighted by Gasteiger charge is -2.41. The number of nitrogens with zero attached hydrogens (tertiary/aromatic N) is 1. The van der Waals surface area contributed by atoms with E-state index in [1.165, 1.54) is 19.4 Å². The number of hydrogen-bond donors (Lipinski definition) is 1. The molecule has 0 spiro atoms. The van der Waals surface area contributed by atoms with Gasteiger partial charge in [-0.25, -0.2) is 0 Å². The van der Waals surface area contributed by atoms with Crippen molar-refractivity contribution in [2.45, 2.75) is 59.5 Å². The zero-order valence-corrected chi connectivity index (χ0v) is 13.0. The van der Waals surface area contributed by atoms with Crippen molar-refractivity contribution in [3.05, 3.63) is 0 Å². The van der Waals surface area contributed by atoms with Crippen LogP contribution in [0.15, 0.2) is 0 Å². The quantitative estimate of drug-likeness (QED) is 0.757. The predicted molar refractivity (Wildman–Crippen MR) is 78.0 cm³/mol. The van der Waals surface area contributed by atoms with Crippen LogP contribution in [0.5, 0.6) is 0 Å². The lowest BCUT2D eigenvalue weighted by Crippen LogP contribution is -2.51. The minimum absolute atomic E-state index is 0.380. The largest absolute Gasteiger partial charge is 0.379 e. The second kappa shape index (κ2) is 7.46. The average Bonchev–Trinajstić information content (AvgIpc) is 2.30. The maximum atomic E-state index is 5.53. The summed E-state index contributed by atoms with van der Waals surface area (Å²) in [7, 11) is 0. The van der Waals surface area contributed by atoms with Crippen LogP contribution in [0.1, 0.15) is 47.5 Å². The summed E-state index contributed by atoms with van der Waals surface area (Å²) in [6.45, 7) is 16.6. The number of rotatable bonds is 7. The highest BCUT2D eigenvalue weighted by molar-refractivity contribution is 4.84. The summed E-state index contributed by atoms with van der Waals surface area (Å²) in [6, 6.07) is 1.14. The molecule has 0 radical (unpaired) electrons. The van der Waals surface area contributed by atoms with Gasteiger partial charge in [0, 0.05) is 31.7 Å². The van der Waals surface area contributed by atoms with Gasteiger partial charge in [-0.2, -0.15) is 0 Å².